The first kappa shape index (κ1) is 12.3. The molecule has 1 saturated carbocycles. The van der Waals surface area contributed by atoms with Crippen molar-refractivity contribution in [3.05, 3.63) is 28.7 Å². The standard InChI is InChI=1S/C12H16BrNOS/c13-10-4-2-5-11(7-10)16(15)12-6-1-3-9(12)8-14/h2,4-5,7,9,12H,1,3,6,8,14H2. The number of nitrogens with two attached hydrogens (primary N) is 1. The Labute approximate surface area is 107 Å². The Hall–Kier alpha value is -0.190. The summed E-state index contributed by atoms with van der Waals surface area (Å²) in [7, 11) is -0.909. The SMILES string of the molecule is NCC1CCCC1S(=O)c1cccc(Br)c1. The van der Waals surface area contributed by atoms with E-state index in [9.17, 15) is 4.21 Å². The van der Waals surface area contributed by atoms with Crippen molar-refractivity contribution in [2.24, 2.45) is 11.7 Å². The van der Waals surface area contributed by atoms with Crippen molar-refractivity contribution in [1.29, 1.82) is 0 Å². The van der Waals surface area contributed by atoms with Crippen LogP contribution in [0.15, 0.2) is 33.6 Å². The second-order valence-electron chi connectivity index (χ2n) is 4.22. The van der Waals surface area contributed by atoms with E-state index < -0.39 is 10.8 Å². The largest absolute Gasteiger partial charge is 0.330 e. The van der Waals surface area contributed by atoms with Crippen LogP contribution in [-0.4, -0.2) is 16.0 Å². The molecule has 0 bridgehead atoms. The third-order valence-electron chi connectivity index (χ3n) is 3.20. The van der Waals surface area contributed by atoms with Crippen LogP contribution >= 0.6 is 15.9 Å². The zero-order valence-electron chi connectivity index (χ0n) is 9.06. The quantitative estimate of drug-likeness (QED) is 0.933. The van der Waals surface area contributed by atoms with E-state index in [1.165, 1.54) is 0 Å². The van der Waals surface area contributed by atoms with Gasteiger partial charge in [-0.1, -0.05) is 28.4 Å². The second-order valence-corrected chi connectivity index (χ2v) is 6.81. The van der Waals surface area contributed by atoms with Gasteiger partial charge in [-0.3, -0.25) is 4.21 Å². The summed E-state index contributed by atoms with van der Waals surface area (Å²) in [5, 5.41) is 0.249. The summed E-state index contributed by atoms with van der Waals surface area (Å²) in [6.07, 6.45) is 3.33. The molecule has 2 N–H and O–H groups in total. The fourth-order valence-corrected chi connectivity index (χ4v) is 4.65. The lowest BCUT2D eigenvalue weighted by Crippen LogP contribution is -2.26. The topological polar surface area (TPSA) is 43.1 Å². The van der Waals surface area contributed by atoms with E-state index in [4.69, 9.17) is 5.73 Å². The van der Waals surface area contributed by atoms with Gasteiger partial charge in [0, 0.05) is 14.6 Å². The fourth-order valence-electron chi connectivity index (χ4n) is 2.32. The first-order valence-electron chi connectivity index (χ1n) is 5.58. The van der Waals surface area contributed by atoms with Gasteiger partial charge in [0.05, 0.1) is 10.8 Å². The molecule has 0 radical (unpaired) electrons. The predicted molar refractivity (Wildman–Crippen MR) is 70.7 cm³/mol. The average molecular weight is 302 g/mol. The molecule has 1 fully saturated rings. The Morgan fingerprint density at radius 1 is 1.44 bits per heavy atom. The third kappa shape index (κ3) is 2.55. The maximum absolute atomic E-state index is 12.4. The number of hydrogen-bond acceptors (Lipinski definition) is 2. The smallest absolute Gasteiger partial charge is 0.0564 e. The van der Waals surface area contributed by atoms with Gasteiger partial charge in [-0.25, -0.2) is 0 Å². The Kier molecular flexibility index (Phi) is 4.16. The molecule has 0 aliphatic heterocycles. The first-order valence-corrected chi connectivity index (χ1v) is 7.59. The molecule has 16 heavy (non-hydrogen) atoms. The molecule has 2 nitrogen and oxygen atoms in total. The molecule has 1 aliphatic carbocycles. The Bertz CT molecular complexity index is 396. The molecule has 1 aromatic carbocycles. The van der Waals surface area contributed by atoms with E-state index in [1.807, 2.05) is 24.3 Å². The summed E-state index contributed by atoms with van der Waals surface area (Å²) in [6, 6.07) is 7.77. The number of hydrogen-bond donors (Lipinski definition) is 1. The predicted octanol–water partition coefficient (Wildman–Crippen LogP) is 2.68. The molecule has 1 aliphatic rings. The zero-order chi connectivity index (χ0) is 11.5. The van der Waals surface area contributed by atoms with Crippen molar-refractivity contribution >= 4 is 26.7 Å². The van der Waals surface area contributed by atoms with Crippen LogP contribution in [0, 0.1) is 5.92 Å². The van der Waals surface area contributed by atoms with Crippen LogP contribution in [0.25, 0.3) is 0 Å². The number of rotatable bonds is 3. The molecule has 0 aromatic heterocycles. The zero-order valence-corrected chi connectivity index (χ0v) is 11.5. The molecular weight excluding hydrogens is 286 g/mol. The normalized spacial score (nSPS) is 26.9. The van der Waals surface area contributed by atoms with Crippen molar-refractivity contribution in [2.75, 3.05) is 6.54 Å². The minimum Gasteiger partial charge on any atom is -0.330 e. The molecule has 0 heterocycles. The van der Waals surface area contributed by atoms with Crippen molar-refractivity contribution in [3.8, 4) is 0 Å². The summed E-state index contributed by atoms with van der Waals surface area (Å²) in [5.74, 6) is 0.430. The number of benzene rings is 1. The van der Waals surface area contributed by atoms with E-state index in [1.54, 1.807) is 0 Å². The molecule has 0 saturated heterocycles. The monoisotopic (exact) mass is 301 g/mol. The third-order valence-corrected chi connectivity index (χ3v) is 5.58. The molecule has 3 atom stereocenters. The highest BCUT2D eigenvalue weighted by Gasteiger charge is 2.31. The van der Waals surface area contributed by atoms with Crippen LogP contribution in [-0.2, 0) is 10.8 Å². The molecule has 2 rings (SSSR count). The van der Waals surface area contributed by atoms with Crippen LogP contribution in [0.5, 0.6) is 0 Å². The van der Waals surface area contributed by atoms with Gasteiger partial charge in [-0.15, -0.1) is 0 Å². The Morgan fingerprint density at radius 3 is 2.94 bits per heavy atom. The average Bonchev–Trinajstić information content (AvgIpc) is 2.76. The summed E-state index contributed by atoms with van der Waals surface area (Å²) in [4.78, 5) is 0.916. The van der Waals surface area contributed by atoms with Gasteiger partial charge in [0.2, 0.25) is 0 Å². The minimum absolute atomic E-state index is 0.249. The van der Waals surface area contributed by atoms with Crippen molar-refractivity contribution < 1.29 is 4.21 Å². The van der Waals surface area contributed by atoms with Gasteiger partial charge in [-0.05, 0) is 43.5 Å². The maximum atomic E-state index is 12.4. The van der Waals surface area contributed by atoms with E-state index >= 15 is 0 Å². The maximum Gasteiger partial charge on any atom is 0.0564 e. The van der Waals surface area contributed by atoms with E-state index in [0.717, 1.165) is 28.6 Å². The molecule has 4 heteroatoms. The number of halogens is 1. The highest BCUT2D eigenvalue weighted by Crippen LogP contribution is 2.32. The summed E-state index contributed by atoms with van der Waals surface area (Å²) in [5.41, 5.74) is 5.73. The Balaban J connectivity index is 2.18. The summed E-state index contributed by atoms with van der Waals surface area (Å²) < 4.78 is 13.4. The molecule has 1 aromatic rings. The summed E-state index contributed by atoms with van der Waals surface area (Å²) >= 11 is 3.41. The van der Waals surface area contributed by atoms with Gasteiger partial charge in [0.1, 0.15) is 0 Å². The van der Waals surface area contributed by atoms with Crippen LogP contribution in [0.3, 0.4) is 0 Å². The lowest BCUT2D eigenvalue weighted by atomic mass is 10.1. The second kappa shape index (κ2) is 5.43. The molecule has 0 spiro atoms. The van der Waals surface area contributed by atoms with E-state index in [2.05, 4.69) is 15.9 Å². The van der Waals surface area contributed by atoms with Gasteiger partial charge in [0.25, 0.3) is 0 Å². The molecular formula is C12H16BrNOS. The van der Waals surface area contributed by atoms with Crippen molar-refractivity contribution in [3.63, 3.8) is 0 Å². The van der Waals surface area contributed by atoms with Crippen molar-refractivity contribution in [1.82, 2.24) is 0 Å². The molecule has 88 valence electrons. The highest BCUT2D eigenvalue weighted by molar-refractivity contribution is 9.10. The van der Waals surface area contributed by atoms with E-state index in [0.29, 0.717) is 12.5 Å². The van der Waals surface area contributed by atoms with Crippen LogP contribution in [0.4, 0.5) is 0 Å². The first-order chi connectivity index (χ1) is 7.72. The lowest BCUT2D eigenvalue weighted by molar-refractivity contribution is 0.557. The van der Waals surface area contributed by atoms with Gasteiger partial charge in [-0.2, -0.15) is 0 Å². The highest BCUT2D eigenvalue weighted by atomic mass is 79.9. The van der Waals surface area contributed by atoms with Crippen molar-refractivity contribution in [2.45, 2.75) is 29.4 Å². The van der Waals surface area contributed by atoms with Crippen LogP contribution in [0.1, 0.15) is 19.3 Å². The lowest BCUT2D eigenvalue weighted by Gasteiger charge is -2.17. The van der Waals surface area contributed by atoms with Crippen LogP contribution in [0.2, 0.25) is 0 Å². The van der Waals surface area contributed by atoms with E-state index in [-0.39, 0.29) is 5.25 Å². The summed E-state index contributed by atoms with van der Waals surface area (Å²) in [6.45, 7) is 0.657. The molecule has 0 amide bonds. The van der Waals surface area contributed by atoms with Gasteiger partial charge in [0.15, 0.2) is 0 Å². The fraction of sp³-hybridized carbons (Fsp3) is 0.500. The van der Waals surface area contributed by atoms with Gasteiger partial charge >= 0.3 is 0 Å². The van der Waals surface area contributed by atoms with Crippen LogP contribution < -0.4 is 5.73 Å². The minimum atomic E-state index is -0.909. The van der Waals surface area contributed by atoms with Gasteiger partial charge < -0.3 is 5.73 Å². The molecule has 3 unspecified atom stereocenters. The Morgan fingerprint density at radius 2 is 2.25 bits per heavy atom.